The molecule has 9 aromatic rings. The summed E-state index contributed by atoms with van der Waals surface area (Å²) >= 11 is 0. The third kappa shape index (κ3) is 7.60. The number of hydrogen-bond acceptors (Lipinski definition) is 2. The summed E-state index contributed by atoms with van der Waals surface area (Å²) < 4.78 is 0. The average molecular weight is 763 g/mol. The van der Waals surface area contributed by atoms with Crippen LogP contribution < -0.4 is 15.0 Å². The molecule has 0 amide bonds. The van der Waals surface area contributed by atoms with Gasteiger partial charge in [-0.2, -0.15) is 0 Å². The predicted molar refractivity (Wildman–Crippen MR) is 253 cm³/mol. The highest BCUT2D eigenvalue weighted by atomic mass is 28.3. The zero-order valence-electron chi connectivity index (χ0n) is 33.3. The van der Waals surface area contributed by atoms with E-state index in [0.717, 1.165) is 28.4 Å². The summed E-state index contributed by atoms with van der Waals surface area (Å²) in [5.41, 5.74) is 14.0. The Labute approximate surface area is 344 Å². The minimum Gasteiger partial charge on any atom is -0.310 e. The van der Waals surface area contributed by atoms with Gasteiger partial charge in [0.2, 0.25) is 0 Å². The highest BCUT2D eigenvalue weighted by Gasteiger charge is 2.20. The highest BCUT2D eigenvalue weighted by Crippen LogP contribution is 2.40. The van der Waals surface area contributed by atoms with E-state index in [1.165, 1.54) is 55.0 Å². The average Bonchev–Trinajstić information content (AvgIpc) is 3.28. The Balaban J connectivity index is 0.989. The van der Waals surface area contributed by atoms with Gasteiger partial charge in [-0.25, -0.2) is 0 Å². The Hall–Kier alpha value is -6.94. The summed E-state index contributed by atoms with van der Waals surface area (Å²) in [6.45, 7) is 7.21. The second-order valence-electron chi connectivity index (χ2n) is 15.9. The van der Waals surface area contributed by atoms with Crippen LogP contribution in [-0.4, -0.2) is 8.07 Å². The van der Waals surface area contributed by atoms with E-state index in [1.807, 2.05) is 0 Å². The minimum atomic E-state index is -1.43. The van der Waals surface area contributed by atoms with E-state index in [0.29, 0.717) is 0 Å². The van der Waals surface area contributed by atoms with Crippen molar-refractivity contribution in [2.24, 2.45) is 0 Å². The van der Waals surface area contributed by atoms with Gasteiger partial charge < -0.3 is 9.80 Å². The van der Waals surface area contributed by atoms with Crippen LogP contribution in [0.4, 0.5) is 34.1 Å². The lowest BCUT2D eigenvalue weighted by Crippen LogP contribution is -2.37. The molecule has 280 valence electrons. The number of hydrogen-bond donors (Lipinski definition) is 0. The Morgan fingerprint density at radius 3 is 1.28 bits per heavy atom. The molecule has 0 aliphatic carbocycles. The summed E-state index contributed by atoms with van der Waals surface area (Å²) in [6.07, 6.45) is 0. The van der Waals surface area contributed by atoms with Gasteiger partial charge in [-0.3, -0.25) is 0 Å². The second-order valence-corrected chi connectivity index (χ2v) is 21.0. The van der Waals surface area contributed by atoms with E-state index in [4.69, 9.17) is 0 Å². The molecule has 9 rings (SSSR count). The molecule has 0 bridgehead atoms. The van der Waals surface area contributed by atoms with E-state index < -0.39 is 8.07 Å². The van der Waals surface area contributed by atoms with Crippen molar-refractivity contribution < 1.29 is 0 Å². The first-order valence-corrected chi connectivity index (χ1v) is 23.6. The van der Waals surface area contributed by atoms with Crippen molar-refractivity contribution in [3.05, 3.63) is 224 Å². The van der Waals surface area contributed by atoms with E-state index in [1.54, 1.807) is 0 Å². The fourth-order valence-corrected chi connectivity index (χ4v) is 9.05. The van der Waals surface area contributed by atoms with Crippen LogP contribution >= 0.6 is 0 Å². The molecule has 0 aliphatic heterocycles. The Morgan fingerprint density at radius 2 is 0.690 bits per heavy atom. The molecule has 0 aromatic heterocycles. The standard InChI is InChI=1S/C55H46N2Si/c1-58(2,3)53-38-36-51(37-39-53)57(55-23-13-17-46-16-10-11-22-54(46)55)50-34-30-45(31-35-50)43-26-24-42(25-27-43)44-28-32-49(33-29-44)56(48-19-8-5-9-20-48)52-21-12-18-47(40-52)41-14-6-4-7-15-41/h4-40H,1-3H3. The van der Waals surface area contributed by atoms with E-state index in [9.17, 15) is 0 Å². The van der Waals surface area contributed by atoms with Gasteiger partial charge in [0.05, 0.1) is 13.8 Å². The van der Waals surface area contributed by atoms with Gasteiger partial charge >= 0.3 is 0 Å². The molecule has 2 nitrogen and oxygen atoms in total. The molecule has 0 unspecified atom stereocenters. The van der Waals surface area contributed by atoms with Gasteiger partial charge in [0.25, 0.3) is 0 Å². The van der Waals surface area contributed by atoms with Crippen LogP contribution in [-0.2, 0) is 0 Å². The molecular weight excluding hydrogens is 717 g/mol. The summed E-state index contributed by atoms with van der Waals surface area (Å²) in [5, 5.41) is 3.93. The van der Waals surface area contributed by atoms with Gasteiger partial charge in [0.15, 0.2) is 0 Å². The highest BCUT2D eigenvalue weighted by molar-refractivity contribution is 6.88. The van der Waals surface area contributed by atoms with Gasteiger partial charge in [-0.15, -0.1) is 0 Å². The zero-order chi connectivity index (χ0) is 39.5. The smallest absolute Gasteiger partial charge is 0.0775 e. The molecule has 0 radical (unpaired) electrons. The number of para-hydroxylation sites is 1. The van der Waals surface area contributed by atoms with E-state index >= 15 is 0 Å². The minimum absolute atomic E-state index is 1.11. The lowest BCUT2D eigenvalue weighted by molar-refractivity contribution is 1.28. The SMILES string of the molecule is C[Si](C)(C)c1ccc(N(c2ccc(-c3ccc(-c4ccc(N(c5ccccc5)c5cccc(-c6ccccc6)c5)cc4)cc3)cc2)c2cccc3ccccc23)cc1. The Kier molecular flexibility index (Phi) is 10.1. The van der Waals surface area contributed by atoms with Gasteiger partial charge in [-0.1, -0.05) is 183 Å². The lowest BCUT2D eigenvalue weighted by atomic mass is 9.99. The number of nitrogens with zero attached hydrogens (tertiary/aromatic N) is 2. The maximum absolute atomic E-state index is 2.40. The largest absolute Gasteiger partial charge is 0.310 e. The third-order valence-electron chi connectivity index (χ3n) is 11.0. The first-order valence-electron chi connectivity index (χ1n) is 20.1. The van der Waals surface area contributed by atoms with Crippen LogP contribution in [0.15, 0.2) is 224 Å². The van der Waals surface area contributed by atoms with Crippen molar-refractivity contribution in [1.82, 2.24) is 0 Å². The third-order valence-corrected chi connectivity index (χ3v) is 13.1. The molecule has 0 fully saturated rings. The van der Waals surface area contributed by atoms with Crippen LogP contribution in [0.2, 0.25) is 19.6 Å². The molecule has 0 saturated carbocycles. The normalized spacial score (nSPS) is 11.4. The van der Waals surface area contributed by atoms with Crippen LogP contribution in [0, 0.1) is 0 Å². The molecule has 9 aromatic carbocycles. The summed E-state index contributed by atoms with van der Waals surface area (Å²) in [4.78, 5) is 4.72. The first kappa shape index (κ1) is 36.7. The number of benzene rings is 9. The fraction of sp³-hybridized carbons (Fsp3) is 0.0545. The fourth-order valence-electron chi connectivity index (χ4n) is 7.88. The number of anilines is 6. The zero-order valence-corrected chi connectivity index (χ0v) is 34.3. The summed E-state index contributed by atoms with van der Waals surface area (Å²) in [5.74, 6) is 0. The molecule has 0 aliphatic rings. The maximum atomic E-state index is 2.40. The van der Waals surface area contributed by atoms with Crippen molar-refractivity contribution in [2.45, 2.75) is 19.6 Å². The first-order chi connectivity index (χ1) is 28.4. The number of fused-ring (bicyclic) bond motifs is 1. The van der Waals surface area contributed by atoms with Crippen molar-refractivity contribution in [2.75, 3.05) is 9.80 Å². The van der Waals surface area contributed by atoms with Crippen LogP contribution in [0.3, 0.4) is 0 Å². The molecular formula is C55H46N2Si. The quantitative estimate of drug-likeness (QED) is 0.128. The molecule has 3 heteroatoms. The van der Waals surface area contributed by atoms with Gasteiger partial charge in [0, 0.05) is 33.8 Å². The molecule has 0 heterocycles. The molecule has 0 saturated heterocycles. The predicted octanol–water partition coefficient (Wildman–Crippen LogP) is 15.3. The van der Waals surface area contributed by atoms with Crippen molar-refractivity contribution in [3.63, 3.8) is 0 Å². The molecule has 0 atom stereocenters. The maximum Gasteiger partial charge on any atom is 0.0775 e. The van der Waals surface area contributed by atoms with Crippen molar-refractivity contribution >= 4 is 58.2 Å². The number of rotatable bonds is 10. The van der Waals surface area contributed by atoms with Gasteiger partial charge in [0.1, 0.15) is 0 Å². The van der Waals surface area contributed by atoms with Crippen molar-refractivity contribution in [3.8, 4) is 33.4 Å². The van der Waals surface area contributed by atoms with Crippen LogP contribution in [0.5, 0.6) is 0 Å². The van der Waals surface area contributed by atoms with E-state index in [2.05, 4.69) is 254 Å². The van der Waals surface area contributed by atoms with Gasteiger partial charge in [-0.05, 0) is 105 Å². The van der Waals surface area contributed by atoms with Crippen LogP contribution in [0.25, 0.3) is 44.2 Å². The summed E-state index contributed by atoms with van der Waals surface area (Å²) in [7, 11) is -1.43. The Morgan fingerprint density at radius 1 is 0.293 bits per heavy atom. The van der Waals surface area contributed by atoms with E-state index in [-0.39, 0.29) is 0 Å². The second kappa shape index (κ2) is 15.9. The molecule has 0 N–H and O–H groups in total. The van der Waals surface area contributed by atoms with Crippen molar-refractivity contribution in [1.29, 1.82) is 0 Å². The topological polar surface area (TPSA) is 6.48 Å². The molecule has 58 heavy (non-hydrogen) atoms. The monoisotopic (exact) mass is 762 g/mol. The van der Waals surface area contributed by atoms with Crippen LogP contribution in [0.1, 0.15) is 0 Å². The summed E-state index contributed by atoms with van der Waals surface area (Å²) in [6, 6.07) is 81.3. The Bertz CT molecular complexity index is 2770. The lowest BCUT2D eigenvalue weighted by Gasteiger charge is -2.28. The molecule has 0 spiro atoms.